The molecule has 0 saturated heterocycles. The molecular formula is C21H26Cl3I5N12O3. The summed E-state index contributed by atoms with van der Waals surface area (Å²) in [6, 6.07) is 0. The van der Waals surface area contributed by atoms with Crippen molar-refractivity contribution in [2.45, 2.75) is 29.6 Å². The zero-order valence-electron chi connectivity index (χ0n) is 23.9. The first-order valence-corrected chi connectivity index (χ1v) is 17.3. The summed E-state index contributed by atoms with van der Waals surface area (Å²) in [5.41, 5.74) is 16.6. The van der Waals surface area contributed by atoms with E-state index in [1.807, 2.05) is 0 Å². The number of nitrogens with zero attached hydrogens (tertiary/aromatic N) is 9. The largest absolute Gasteiger partial charge is 0.394 e. The van der Waals surface area contributed by atoms with Gasteiger partial charge in [0.05, 0.1) is 26.3 Å². The molecule has 4 heterocycles. The van der Waals surface area contributed by atoms with Crippen molar-refractivity contribution in [3.8, 4) is 0 Å². The number of aromatic nitrogens is 8. The number of carbonyl (C=O) groups excluding carboxylic acids is 1. The van der Waals surface area contributed by atoms with Crippen LogP contribution in [0.25, 0.3) is 11.2 Å². The molecule has 0 spiro atoms. The van der Waals surface area contributed by atoms with E-state index < -0.39 is 11.2 Å². The fourth-order valence-corrected chi connectivity index (χ4v) is 2.00. The highest BCUT2D eigenvalue weighted by Gasteiger charge is 2.12. The van der Waals surface area contributed by atoms with Crippen molar-refractivity contribution < 1.29 is 12.5 Å². The Kier molecular flexibility index (Phi) is 26.4. The summed E-state index contributed by atoms with van der Waals surface area (Å²) in [6.45, 7) is 5.48. The Morgan fingerprint density at radius 1 is 0.955 bits per heavy atom. The molecule has 0 atom stereocenters. The summed E-state index contributed by atoms with van der Waals surface area (Å²) in [6.07, 6.45) is 4.61. The van der Waals surface area contributed by atoms with E-state index in [0.717, 1.165) is 8.13 Å². The summed E-state index contributed by atoms with van der Waals surface area (Å²) in [4.78, 5) is 47.7. The molecule has 4 aromatic rings. The van der Waals surface area contributed by atoms with Crippen LogP contribution in [0.15, 0.2) is 31.0 Å². The second-order valence-corrected chi connectivity index (χ2v) is 26.3. The Morgan fingerprint density at radius 3 is 1.77 bits per heavy atom. The van der Waals surface area contributed by atoms with Gasteiger partial charge < -0.3 is 22.0 Å². The first-order valence-electron chi connectivity index (χ1n) is 11.4. The van der Waals surface area contributed by atoms with Crippen LogP contribution in [0.4, 0.5) is 23.0 Å². The number of nitrogens with two attached hydrogens (primary N) is 3. The number of aldehydes is 1. The predicted octanol–water partition coefficient (Wildman–Crippen LogP) is 8.00. The number of alkyl halides is 5. The average Bonchev–Trinajstić information content (AvgIpc) is 2.85. The highest BCUT2D eigenvalue weighted by atomic mass is 127. The predicted molar refractivity (Wildman–Crippen MR) is 221 cm³/mol. The van der Waals surface area contributed by atoms with E-state index >= 15 is 0 Å². The third-order valence-corrected chi connectivity index (χ3v) is 3.48. The minimum absolute atomic E-state index is 0. The molecule has 0 radical (unpaired) electrons. The van der Waals surface area contributed by atoms with Crippen molar-refractivity contribution in [1.82, 2.24) is 39.9 Å². The molecule has 15 nitrogen and oxygen atoms in total. The van der Waals surface area contributed by atoms with Crippen molar-refractivity contribution >= 4 is 188 Å². The number of rotatable bonds is 1. The van der Waals surface area contributed by atoms with E-state index in [9.17, 15) is 10.1 Å². The van der Waals surface area contributed by atoms with E-state index in [-0.39, 0.29) is 46.8 Å². The number of carbonyl (C=O) groups is 1. The Balaban J connectivity index is -0.000000508. The van der Waals surface area contributed by atoms with Crippen molar-refractivity contribution in [3.05, 3.63) is 56.9 Å². The van der Waals surface area contributed by atoms with Gasteiger partial charge >= 0.3 is 5.69 Å². The zero-order valence-corrected chi connectivity index (χ0v) is 34.9. The summed E-state index contributed by atoms with van der Waals surface area (Å²) in [7, 11) is 0. The lowest BCUT2D eigenvalue weighted by atomic mass is 10.5. The van der Waals surface area contributed by atoms with Gasteiger partial charge in [0.2, 0.25) is 21.7 Å². The summed E-state index contributed by atoms with van der Waals surface area (Å²) < 4.78 is 14.3. The zero-order chi connectivity index (χ0) is 35.5. The molecule has 23 heteroatoms. The van der Waals surface area contributed by atoms with E-state index in [4.69, 9.17) is 59.5 Å². The number of nitro groups is 1. The first kappa shape index (κ1) is 43.6. The lowest BCUT2D eigenvalue weighted by Gasteiger charge is -1.96. The lowest BCUT2D eigenvalue weighted by Crippen LogP contribution is -1.99. The van der Waals surface area contributed by atoms with Crippen LogP contribution in [0.2, 0.25) is 15.9 Å². The second-order valence-electron chi connectivity index (χ2n) is 6.50. The highest BCUT2D eigenvalue weighted by Crippen LogP contribution is 2.33. The molecule has 44 heavy (non-hydrogen) atoms. The molecule has 0 aliphatic carbocycles. The van der Waals surface area contributed by atoms with Gasteiger partial charge in [0.1, 0.15) is 18.8 Å². The third-order valence-electron chi connectivity index (χ3n) is 2.94. The summed E-state index contributed by atoms with van der Waals surface area (Å²) in [5.74, 6) is -0.00926. The van der Waals surface area contributed by atoms with Crippen molar-refractivity contribution in [2.75, 3.05) is 17.2 Å². The van der Waals surface area contributed by atoms with E-state index in [0.29, 0.717) is 16.3 Å². The van der Waals surface area contributed by atoms with Crippen LogP contribution in [0, 0.1) is 10.1 Å². The number of hydrogen-bond acceptors (Lipinski definition) is 14. The third kappa shape index (κ3) is 27.8. The van der Waals surface area contributed by atoms with Crippen LogP contribution < -0.4 is 17.2 Å². The molecule has 4 aromatic heterocycles. The minimum atomic E-state index is -0.675. The summed E-state index contributed by atoms with van der Waals surface area (Å²) in [5, 5.41) is 10.3. The fourth-order valence-electron chi connectivity index (χ4n) is 1.60. The number of anilines is 3. The minimum Gasteiger partial charge on any atom is -0.394 e. The van der Waals surface area contributed by atoms with Crippen LogP contribution in [0.3, 0.4) is 0 Å². The van der Waals surface area contributed by atoms with Crippen LogP contribution in [-0.4, -0.2) is 52.4 Å². The maximum Gasteiger partial charge on any atom is 0.329 e. The Bertz CT molecular complexity index is 1480. The smallest absolute Gasteiger partial charge is 0.329 e. The second kappa shape index (κ2) is 26.6. The van der Waals surface area contributed by atoms with Gasteiger partial charge in [-0.15, -0.1) is 0 Å². The fraction of sp³-hybridized carbons (Fsp3) is 0.286. The molecular weight excluding hydrogens is 1210 g/mol. The van der Waals surface area contributed by atoms with Gasteiger partial charge in [0.15, 0.2) is 11.5 Å². The Morgan fingerprint density at radius 2 is 1.36 bits per heavy atom. The van der Waals surface area contributed by atoms with Crippen molar-refractivity contribution in [3.63, 3.8) is 0 Å². The molecule has 0 saturated carbocycles. The topological polar surface area (TPSA) is 241 Å². The molecule has 0 aliphatic rings. The first-order chi connectivity index (χ1) is 20.5. The van der Waals surface area contributed by atoms with Gasteiger partial charge in [0.25, 0.3) is 0 Å². The van der Waals surface area contributed by atoms with Crippen molar-refractivity contribution in [2.24, 2.45) is 0 Å². The molecule has 0 aromatic carbocycles. The van der Waals surface area contributed by atoms with Crippen molar-refractivity contribution in [1.29, 1.82) is 0 Å². The van der Waals surface area contributed by atoms with E-state index in [1.165, 1.54) is 25.5 Å². The summed E-state index contributed by atoms with van der Waals surface area (Å²) >= 11 is 27.9. The van der Waals surface area contributed by atoms with E-state index in [1.54, 1.807) is 0 Å². The van der Waals surface area contributed by atoms with Gasteiger partial charge in [-0.25, -0.2) is 24.9 Å². The maximum absolute atomic E-state index is 10.1. The van der Waals surface area contributed by atoms with Crippen LogP contribution in [0.5, 0.6) is 0 Å². The maximum atomic E-state index is 10.1. The molecule has 0 bridgehead atoms. The van der Waals surface area contributed by atoms with Gasteiger partial charge in [0, 0.05) is 12.4 Å². The standard InChI is InChI=1S/C6H3ClN4.C4H3ClN4O2.C4H5ClN4.C2H3I3.C2H4I2.C2H4O.CH4/c7-6-10-3-4-5(11-6)9-2-1-8-4;5-4-7-1-2(9(10)11)3(6)8-4;5-4-8-1-2(6)3(7)9-4;1-2(3,4)5;1-2(3)4;1-2-3;/h1-3H;1H,(H2,6,7,8);1H,6H2,(H2,7,8,9);1H3;2H,1H3;2H,1H3;1H4/i2D;;;;;2D;. The number of nitrogen functional groups attached to an aromatic ring is 3. The van der Waals surface area contributed by atoms with Crippen LogP contribution >= 0.6 is 148 Å². The highest BCUT2D eigenvalue weighted by molar-refractivity contribution is 14.3. The molecule has 6 N–H and O–H groups in total. The monoisotopic (exact) mass is 1240 g/mol. The quantitative estimate of drug-likeness (QED) is 0.0409. The van der Waals surface area contributed by atoms with Crippen LogP contribution in [0.1, 0.15) is 30.9 Å². The van der Waals surface area contributed by atoms with Gasteiger partial charge in [-0.2, -0.15) is 15.0 Å². The Hall–Kier alpha value is -0.430. The average molecular weight is 1240 g/mol. The number of halogens is 8. The van der Waals surface area contributed by atoms with Gasteiger partial charge in [-0.1, -0.05) is 120 Å². The Labute approximate surface area is 339 Å². The van der Waals surface area contributed by atoms with Gasteiger partial charge in [-0.05, 0) is 55.6 Å². The molecule has 0 fully saturated rings. The molecule has 0 aliphatic heterocycles. The normalized spacial score (nSPS) is 10.0. The van der Waals surface area contributed by atoms with E-state index in [2.05, 4.69) is 167 Å². The molecule has 0 unspecified atom stereocenters. The molecule has 244 valence electrons. The van der Waals surface area contributed by atoms with Crippen LogP contribution in [-0.2, 0) is 4.79 Å². The SMILES string of the molecule is C.CC(I)(I)I.CC(I)I.Nc1cnc(Cl)nc1N.Nc1nc(Cl)ncc1[N+](=O)[O-].[2H]C(C)=O.[2H]c1cnc2cnc(Cl)nc2n1. The van der Waals surface area contributed by atoms with Gasteiger partial charge in [-0.3, -0.25) is 10.1 Å². The number of hydrogen-bond donors (Lipinski definition) is 3. The number of fused-ring (bicyclic) bond motifs is 1. The molecule has 4 rings (SSSR count). The lowest BCUT2D eigenvalue weighted by molar-refractivity contribution is -0.384. The molecule has 0 amide bonds.